The van der Waals surface area contributed by atoms with E-state index in [2.05, 4.69) is 12.3 Å². The number of rotatable bonds is 3. The molecular formula is C11H17F. The summed E-state index contributed by atoms with van der Waals surface area (Å²) in [6, 6.07) is 0. The Labute approximate surface area is 74.5 Å². The van der Waals surface area contributed by atoms with Gasteiger partial charge in [0, 0.05) is 0 Å². The molecule has 1 heteroatoms. The average Bonchev–Trinajstić information content (AvgIpc) is 2.03. The van der Waals surface area contributed by atoms with Crippen LogP contribution in [0.1, 0.15) is 34.1 Å². The summed E-state index contributed by atoms with van der Waals surface area (Å²) in [5, 5.41) is 0. The van der Waals surface area contributed by atoms with Gasteiger partial charge in [0.05, 0.1) is 0 Å². The van der Waals surface area contributed by atoms with Crippen LogP contribution in [0.2, 0.25) is 0 Å². The number of allylic oxidation sites excluding steroid dienone is 3. The Morgan fingerprint density at radius 1 is 1.50 bits per heavy atom. The van der Waals surface area contributed by atoms with Gasteiger partial charge in [-0.1, -0.05) is 27.4 Å². The highest BCUT2D eigenvalue weighted by molar-refractivity contribution is 5.31. The minimum atomic E-state index is -0.0429. The van der Waals surface area contributed by atoms with Crippen LogP contribution >= 0.6 is 0 Å². The normalized spacial score (nSPS) is 12.5. The second-order valence-electron chi connectivity index (χ2n) is 3.13. The van der Waals surface area contributed by atoms with E-state index in [-0.39, 0.29) is 11.7 Å². The monoisotopic (exact) mass is 168 g/mol. The van der Waals surface area contributed by atoms with Gasteiger partial charge in [0.15, 0.2) is 0 Å². The van der Waals surface area contributed by atoms with E-state index in [1.165, 1.54) is 0 Å². The molecule has 0 bridgehead atoms. The Hall–Kier alpha value is -0.810. The summed E-state index contributed by atoms with van der Waals surface area (Å²) < 4.78 is 13.3. The number of hydrogen-bond acceptors (Lipinski definition) is 0. The van der Waals surface area contributed by atoms with Crippen molar-refractivity contribution in [2.75, 3.05) is 0 Å². The second-order valence-corrected chi connectivity index (χ2v) is 3.13. The lowest BCUT2D eigenvalue weighted by Crippen LogP contribution is -1.98. The van der Waals surface area contributed by atoms with Crippen molar-refractivity contribution < 1.29 is 4.39 Å². The first-order valence-electron chi connectivity index (χ1n) is 4.30. The summed E-state index contributed by atoms with van der Waals surface area (Å²) in [6.45, 7) is 11.1. The van der Waals surface area contributed by atoms with Gasteiger partial charge >= 0.3 is 0 Å². The fraction of sp³-hybridized carbons (Fsp3) is 0.545. The second kappa shape index (κ2) is 4.95. The maximum Gasteiger partial charge on any atom is 0.104 e. The highest BCUT2D eigenvalue weighted by Crippen LogP contribution is 2.24. The lowest BCUT2D eigenvalue weighted by Gasteiger charge is -2.11. The predicted molar refractivity (Wildman–Crippen MR) is 51.6 cm³/mol. The summed E-state index contributed by atoms with van der Waals surface area (Å²) >= 11 is 0. The van der Waals surface area contributed by atoms with E-state index in [1.807, 2.05) is 27.7 Å². The summed E-state index contributed by atoms with van der Waals surface area (Å²) in [5.74, 6) is 0.165. The van der Waals surface area contributed by atoms with Gasteiger partial charge in [-0.15, -0.1) is 5.73 Å². The van der Waals surface area contributed by atoms with E-state index >= 15 is 0 Å². The van der Waals surface area contributed by atoms with Crippen LogP contribution in [0.15, 0.2) is 29.3 Å². The zero-order valence-corrected chi connectivity index (χ0v) is 8.37. The molecule has 0 unspecified atom stereocenters. The highest BCUT2D eigenvalue weighted by Gasteiger charge is 2.10. The molecule has 0 N–H and O–H groups in total. The Bertz CT molecular complexity index is 227. The Kier molecular flexibility index (Phi) is 4.61. The molecule has 0 rings (SSSR count). The summed E-state index contributed by atoms with van der Waals surface area (Å²) in [4.78, 5) is 0. The van der Waals surface area contributed by atoms with Crippen molar-refractivity contribution in [3.05, 3.63) is 29.3 Å². The number of halogens is 1. The van der Waals surface area contributed by atoms with Crippen molar-refractivity contribution in [1.29, 1.82) is 0 Å². The molecule has 0 aromatic heterocycles. The highest BCUT2D eigenvalue weighted by atomic mass is 19.1. The molecule has 0 saturated heterocycles. The van der Waals surface area contributed by atoms with Crippen molar-refractivity contribution in [3.8, 4) is 0 Å². The topological polar surface area (TPSA) is 0 Å². The molecule has 0 fully saturated rings. The minimum Gasteiger partial charge on any atom is -0.211 e. The van der Waals surface area contributed by atoms with E-state index in [4.69, 9.17) is 0 Å². The van der Waals surface area contributed by atoms with E-state index < -0.39 is 0 Å². The molecular weight excluding hydrogens is 151 g/mol. The van der Waals surface area contributed by atoms with Gasteiger partial charge in [-0.2, -0.15) is 0 Å². The van der Waals surface area contributed by atoms with Crippen LogP contribution in [0, 0.1) is 5.92 Å². The van der Waals surface area contributed by atoms with Crippen LogP contribution in [0.5, 0.6) is 0 Å². The van der Waals surface area contributed by atoms with Gasteiger partial charge in [-0.25, -0.2) is 4.39 Å². The quantitative estimate of drug-likeness (QED) is 0.441. The predicted octanol–water partition coefficient (Wildman–Crippen LogP) is 4.01. The SMILES string of the molecule is C=C=C(C)/C(=C(/F)CC)C(C)C. The molecule has 0 heterocycles. The lowest BCUT2D eigenvalue weighted by molar-refractivity contribution is 0.569. The van der Waals surface area contributed by atoms with Crippen molar-refractivity contribution in [2.45, 2.75) is 34.1 Å². The molecule has 0 aliphatic carbocycles. The molecule has 0 aliphatic rings. The van der Waals surface area contributed by atoms with Gasteiger partial charge in [0.25, 0.3) is 0 Å². The van der Waals surface area contributed by atoms with Crippen molar-refractivity contribution in [2.24, 2.45) is 5.92 Å². The van der Waals surface area contributed by atoms with E-state index in [9.17, 15) is 4.39 Å². The maximum atomic E-state index is 13.3. The Morgan fingerprint density at radius 2 is 2.00 bits per heavy atom. The third kappa shape index (κ3) is 2.67. The molecule has 0 aliphatic heterocycles. The van der Waals surface area contributed by atoms with Gasteiger partial charge < -0.3 is 0 Å². The molecule has 0 radical (unpaired) electrons. The zero-order chi connectivity index (χ0) is 9.72. The first kappa shape index (κ1) is 11.2. The summed E-state index contributed by atoms with van der Waals surface area (Å²) in [6.07, 6.45) is 0.451. The summed E-state index contributed by atoms with van der Waals surface area (Å²) in [7, 11) is 0. The van der Waals surface area contributed by atoms with Crippen LogP contribution < -0.4 is 0 Å². The third-order valence-corrected chi connectivity index (χ3v) is 1.85. The zero-order valence-electron chi connectivity index (χ0n) is 8.37. The molecule has 0 amide bonds. The Morgan fingerprint density at radius 3 is 2.25 bits per heavy atom. The first-order valence-corrected chi connectivity index (χ1v) is 4.30. The molecule has 0 aromatic rings. The van der Waals surface area contributed by atoms with Crippen LogP contribution in [0.25, 0.3) is 0 Å². The van der Waals surface area contributed by atoms with Crippen LogP contribution in [-0.4, -0.2) is 0 Å². The fourth-order valence-electron chi connectivity index (χ4n) is 1.24. The molecule has 0 nitrogen and oxygen atoms in total. The van der Waals surface area contributed by atoms with Gasteiger partial charge in [-0.3, -0.25) is 0 Å². The van der Waals surface area contributed by atoms with Crippen LogP contribution in [0.3, 0.4) is 0 Å². The third-order valence-electron chi connectivity index (χ3n) is 1.85. The molecule has 0 aromatic carbocycles. The summed E-state index contributed by atoms with van der Waals surface area (Å²) in [5.41, 5.74) is 4.31. The van der Waals surface area contributed by atoms with Gasteiger partial charge in [0.2, 0.25) is 0 Å². The molecule has 0 atom stereocenters. The van der Waals surface area contributed by atoms with Crippen molar-refractivity contribution in [3.63, 3.8) is 0 Å². The Balaban J connectivity index is 5.05. The fourth-order valence-corrected chi connectivity index (χ4v) is 1.24. The largest absolute Gasteiger partial charge is 0.211 e. The van der Waals surface area contributed by atoms with E-state index in [1.54, 1.807) is 0 Å². The van der Waals surface area contributed by atoms with Gasteiger partial charge in [-0.05, 0) is 30.4 Å². The molecule has 0 saturated carbocycles. The molecule has 68 valence electrons. The minimum absolute atomic E-state index is 0.0429. The van der Waals surface area contributed by atoms with Gasteiger partial charge in [0.1, 0.15) is 5.83 Å². The smallest absolute Gasteiger partial charge is 0.104 e. The van der Waals surface area contributed by atoms with Crippen molar-refractivity contribution >= 4 is 0 Å². The van der Waals surface area contributed by atoms with Crippen LogP contribution in [-0.2, 0) is 0 Å². The van der Waals surface area contributed by atoms with Crippen molar-refractivity contribution in [1.82, 2.24) is 0 Å². The maximum absolute atomic E-state index is 13.3. The average molecular weight is 168 g/mol. The standard InChI is InChI=1S/C11H17F/c1-6-9(5)11(8(3)4)10(12)7-2/h8H,1,7H2,2-5H3/b11-10+. The van der Waals surface area contributed by atoms with E-state index in [0.29, 0.717) is 6.42 Å². The first-order chi connectivity index (χ1) is 5.54. The number of hydrogen-bond donors (Lipinski definition) is 0. The van der Waals surface area contributed by atoms with E-state index in [0.717, 1.165) is 11.1 Å². The molecule has 0 spiro atoms. The molecule has 12 heavy (non-hydrogen) atoms. The van der Waals surface area contributed by atoms with Crippen LogP contribution in [0.4, 0.5) is 4.39 Å². The lowest BCUT2D eigenvalue weighted by atomic mass is 9.95.